The fourth-order valence-electron chi connectivity index (χ4n) is 2.61. The molecule has 6 heteroatoms. The number of amides is 1. The average molecular weight is 338 g/mol. The van der Waals surface area contributed by atoms with Gasteiger partial charge >= 0.3 is 5.97 Å². The molecule has 25 heavy (non-hydrogen) atoms. The van der Waals surface area contributed by atoms with Crippen molar-refractivity contribution in [3.8, 4) is 0 Å². The van der Waals surface area contributed by atoms with E-state index in [2.05, 4.69) is 10.3 Å². The van der Waals surface area contributed by atoms with Crippen molar-refractivity contribution in [2.45, 2.75) is 20.8 Å². The molecule has 3 aromatic rings. The number of aromatic nitrogens is 1. The van der Waals surface area contributed by atoms with Crippen LogP contribution >= 0.6 is 0 Å². The van der Waals surface area contributed by atoms with E-state index in [-0.39, 0.29) is 5.91 Å². The predicted molar refractivity (Wildman–Crippen MR) is 93.8 cm³/mol. The summed E-state index contributed by atoms with van der Waals surface area (Å²) >= 11 is 0. The zero-order valence-corrected chi connectivity index (χ0v) is 14.3. The highest BCUT2D eigenvalue weighted by molar-refractivity contribution is 6.10. The third-order valence-electron chi connectivity index (χ3n) is 3.80. The summed E-state index contributed by atoms with van der Waals surface area (Å²) in [6.07, 6.45) is 1.47. The molecular weight excluding hydrogens is 320 g/mol. The van der Waals surface area contributed by atoms with E-state index >= 15 is 0 Å². The monoisotopic (exact) mass is 338 g/mol. The molecule has 2 aromatic heterocycles. The molecule has 0 saturated heterocycles. The number of fused-ring (bicyclic) bond motifs is 1. The Balaban J connectivity index is 2.03. The fourth-order valence-corrected chi connectivity index (χ4v) is 2.61. The highest BCUT2D eigenvalue weighted by atomic mass is 16.5. The molecule has 2 heterocycles. The summed E-state index contributed by atoms with van der Waals surface area (Å²) in [5.74, 6) is -0.146. The summed E-state index contributed by atoms with van der Waals surface area (Å²) in [6.45, 7) is 5.62. The van der Waals surface area contributed by atoms with Crippen molar-refractivity contribution in [2.75, 3.05) is 11.9 Å². The number of carbonyl (C=O) groups excluding carboxylic acids is 2. The molecule has 128 valence electrons. The molecule has 0 aliphatic heterocycles. The minimum Gasteiger partial charge on any atom is -0.469 e. The average Bonchev–Trinajstić information content (AvgIpc) is 3.00. The van der Waals surface area contributed by atoms with Crippen LogP contribution in [0.15, 0.2) is 41.0 Å². The van der Waals surface area contributed by atoms with Gasteiger partial charge in [0.1, 0.15) is 5.76 Å². The van der Waals surface area contributed by atoms with Crippen LogP contribution in [0.2, 0.25) is 0 Å². The number of pyridine rings is 1. The van der Waals surface area contributed by atoms with Gasteiger partial charge in [0.25, 0.3) is 5.91 Å². The first-order valence-electron chi connectivity index (χ1n) is 7.93. The second kappa shape index (κ2) is 6.76. The van der Waals surface area contributed by atoms with Gasteiger partial charge in [0.2, 0.25) is 0 Å². The number of aryl methyl sites for hydroxylation is 2. The Hall–Kier alpha value is -3.15. The van der Waals surface area contributed by atoms with E-state index in [0.29, 0.717) is 40.1 Å². The van der Waals surface area contributed by atoms with Crippen LogP contribution in [-0.4, -0.2) is 23.5 Å². The maximum atomic E-state index is 12.5. The second-order valence-electron chi connectivity index (χ2n) is 5.61. The molecule has 0 aliphatic carbocycles. The summed E-state index contributed by atoms with van der Waals surface area (Å²) in [5.41, 5.74) is 2.90. The Morgan fingerprint density at radius 2 is 2.00 bits per heavy atom. The molecule has 1 N–H and O–H groups in total. The number of benzene rings is 1. The topological polar surface area (TPSA) is 81.4 Å². The molecular formula is C19H18N2O4. The Kier molecular flexibility index (Phi) is 4.52. The molecule has 0 atom stereocenters. The lowest BCUT2D eigenvalue weighted by molar-refractivity contribution is 0.0526. The first-order chi connectivity index (χ1) is 12.0. The summed E-state index contributed by atoms with van der Waals surface area (Å²) in [4.78, 5) is 28.9. The van der Waals surface area contributed by atoms with Gasteiger partial charge in [0, 0.05) is 11.1 Å². The lowest BCUT2D eigenvalue weighted by atomic mass is 10.1. The quantitative estimate of drug-likeness (QED) is 0.730. The van der Waals surface area contributed by atoms with Gasteiger partial charge in [-0.05, 0) is 51.1 Å². The zero-order chi connectivity index (χ0) is 18.0. The highest BCUT2D eigenvalue weighted by Gasteiger charge is 2.15. The third-order valence-corrected chi connectivity index (χ3v) is 3.80. The van der Waals surface area contributed by atoms with Crippen molar-refractivity contribution < 1.29 is 18.7 Å². The van der Waals surface area contributed by atoms with E-state index < -0.39 is 5.97 Å². The number of anilines is 1. The van der Waals surface area contributed by atoms with E-state index in [1.54, 1.807) is 44.2 Å². The van der Waals surface area contributed by atoms with Gasteiger partial charge in [-0.1, -0.05) is 0 Å². The van der Waals surface area contributed by atoms with Crippen LogP contribution in [0.3, 0.4) is 0 Å². The van der Waals surface area contributed by atoms with Crippen LogP contribution < -0.4 is 5.32 Å². The number of ether oxygens (including phenoxy) is 1. The predicted octanol–water partition coefficient (Wildman–Crippen LogP) is 3.87. The van der Waals surface area contributed by atoms with E-state index in [1.165, 1.54) is 6.26 Å². The lowest BCUT2D eigenvalue weighted by Crippen LogP contribution is -2.13. The number of hydrogen-bond acceptors (Lipinski definition) is 5. The summed E-state index contributed by atoms with van der Waals surface area (Å²) < 4.78 is 10.2. The Morgan fingerprint density at radius 1 is 1.20 bits per heavy atom. The van der Waals surface area contributed by atoms with Crippen molar-refractivity contribution in [3.63, 3.8) is 0 Å². The van der Waals surface area contributed by atoms with Crippen LogP contribution in [0.5, 0.6) is 0 Å². The second-order valence-corrected chi connectivity index (χ2v) is 5.61. The maximum Gasteiger partial charge on any atom is 0.338 e. The fraction of sp³-hybridized carbons (Fsp3) is 0.211. The van der Waals surface area contributed by atoms with Crippen LogP contribution in [0.1, 0.15) is 39.1 Å². The van der Waals surface area contributed by atoms with E-state index in [0.717, 1.165) is 5.69 Å². The van der Waals surface area contributed by atoms with Crippen molar-refractivity contribution in [3.05, 3.63) is 59.2 Å². The first kappa shape index (κ1) is 16.7. The lowest BCUT2D eigenvalue weighted by Gasteiger charge is -2.11. The molecule has 0 unspecified atom stereocenters. The number of furan rings is 1. The van der Waals surface area contributed by atoms with Crippen LogP contribution in [0, 0.1) is 13.8 Å². The van der Waals surface area contributed by atoms with Gasteiger partial charge in [-0.15, -0.1) is 0 Å². The van der Waals surface area contributed by atoms with Gasteiger partial charge in [0.15, 0.2) is 0 Å². The van der Waals surface area contributed by atoms with Gasteiger partial charge in [-0.3, -0.25) is 9.78 Å². The van der Waals surface area contributed by atoms with Crippen molar-refractivity contribution in [1.29, 1.82) is 0 Å². The normalized spacial score (nSPS) is 10.7. The number of rotatable bonds is 4. The van der Waals surface area contributed by atoms with Gasteiger partial charge < -0.3 is 14.5 Å². The number of nitrogens with zero attached hydrogens (tertiary/aromatic N) is 1. The van der Waals surface area contributed by atoms with Crippen LogP contribution in [-0.2, 0) is 4.74 Å². The molecule has 1 amide bonds. The number of hydrogen-bond donors (Lipinski definition) is 1. The molecule has 0 radical (unpaired) electrons. The van der Waals surface area contributed by atoms with Gasteiger partial charge in [-0.2, -0.15) is 0 Å². The zero-order valence-electron chi connectivity index (χ0n) is 14.3. The molecule has 0 bridgehead atoms. The molecule has 0 aliphatic rings. The molecule has 3 rings (SSSR count). The minimum absolute atomic E-state index is 0.278. The largest absolute Gasteiger partial charge is 0.469 e. The summed E-state index contributed by atoms with van der Waals surface area (Å²) in [5, 5.41) is 3.55. The molecule has 0 fully saturated rings. The van der Waals surface area contributed by atoms with Crippen LogP contribution in [0.25, 0.3) is 10.9 Å². The van der Waals surface area contributed by atoms with Gasteiger partial charge in [-0.25, -0.2) is 4.79 Å². The van der Waals surface area contributed by atoms with Crippen molar-refractivity contribution >= 4 is 28.5 Å². The summed E-state index contributed by atoms with van der Waals surface area (Å²) in [6, 6.07) is 8.47. The Labute approximate surface area is 144 Å². The van der Waals surface area contributed by atoms with Gasteiger partial charge in [0.05, 0.1) is 35.2 Å². The number of carbonyl (C=O) groups is 2. The Bertz CT molecular complexity index is 959. The van der Waals surface area contributed by atoms with Crippen molar-refractivity contribution in [1.82, 2.24) is 4.98 Å². The molecule has 0 saturated carbocycles. The Morgan fingerprint density at radius 3 is 2.68 bits per heavy atom. The number of esters is 1. The van der Waals surface area contributed by atoms with Crippen molar-refractivity contribution in [2.24, 2.45) is 0 Å². The van der Waals surface area contributed by atoms with E-state index in [1.807, 2.05) is 6.92 Å². The maximum absolute atomic E-state index is 12.5. The standard InChI is InChI=1S/C19H18N2O4/c1-4-24-19(23)13-5-6-16-15(10-13)17(9-11(2)20-16)21-18(22)14-7-8-25-12(14)3/h5-10H,4H2,1-3H3,(H,20,21,22). The highest BCUT2D eigenvalue weighted by Crippen LogP contribution is 2.26. The van der Waals surface area contributed by atoms with E-state index in [4.69, 9.17) is 9.15 Å². The molecule has 1 aromatic carbocycles. The SMILES string of the molecule is CCOC(=O)c1ccc2nc(C)cc(NC(=O)c3ccoc3C)c2c1. The van der Waals surface area contributed by atoms with E-state index in [9.17, 15) is 9.59 Å². The number of nitrogens with one attached hydrogen (secondary N) is 1. The smallest absolute Gasteiger partial charge is 0.338 e. The minimum atomic E-state index is -0.409. The molecule has 0 spiro atoms. The van der Waals surface area contributed by atoms with Crippen LogP contribution in [0.4, 0.5) is 5.69 Å². The molecule has 6 nitrogen and oxygen atoms in total. The summed E-state index contributed by atoms with van der Waals surface area (Å²) in [7, 11) is 0. The third kappa shape index (κ3) is 3.38. The first-order valence-corrected chi connectivity index (χ1v) is 7.93.